The van der Waals surface area contributed by atoms with E-state index in [1.54, 1.807) is 13.0 Å². The molecule has 0 radical (unpaired) electrons. The van der Waals surface area contributed by atoms with Gasteiger partial charge in [0.2, 0.25) is 0 Å². The Morgan fingerprint density at radius 2 is 2.14 bits per heavy atom. The lowest BCUT2D eigenvalue weighted by Gasteiger charge is -2.26. The summed E-state index contributed by atoms with van der Waals surface area (Å²) in [6.45, 7) is 2.56. The summed E-state index contributed by atoms with van der Waals surface area (Å²) in [7, 11) is 0. The van der Waals surface area contributed by atoms with Crippen LogP contribution in [0.2, 0.25) is 0 Å². The third-order valence-corrected chi connectivity index (χ3v) is 4.52. The molecular formula is C16H20N2O3. The molecule has 5 heteroatoms. The number of rotatable bonds is 4. The molecule has 2 aliphatic rings. The third-order valence-electron chi connectivity index (χ3n) is 4.52. The standard InChI is InChI=1S/C16H20N2O3/c1-16(15(20)21,12-5-6-12)18-14(19)11-4-7-13-10(9-11)3-2-8-17-13/h4,7,9,12,17H,2-3,5-6,8H2,1H3,(H,18,19)(H,20,21). The van der Waals surface area contributed by atoms with Crippen molar-refractivity contribution >= 4 is 17.6 Å². The second kappa shape index (κ2) is 5.06. The third kappa shape index (κ3) is 2.60. The smallest absolute Gasteiger partial charge is 0.329 e. The molecule has 1 fully saturated rings. The van der Waals surface area contributed by atoms with E-state index < -0.39 is 11.5 Å². The van der Waals surface area contributed by atoms with Gasteiger partial charge in [-0.2, -0.15) is 0 Å². The van der Waals surface area contributed by atoms with Crippen molar-refractivity contribution in [2.45, 2.75) is 38.1 Å². The van der Waals surface area contributed by atoms with Gasteiger partial charge in [0.1, 0.15) is 5.54 Å². The minimum atomic E-state index is -1.16. The van der Waals surface area contributed by atoms with E-state index in [2.05, 4.69) is 10.6 Å². The molecule has 1 amide bonds. The van der Waals surface area contributed by atoms with Crippen LogP contribution in [0, 0.1) is 5.92 Å². The number of carboxylic acid groups (broad SMARTS) is 1. The molecule has 3 rings (SSSR count). The van der Waals surface area contributed by atoms with Gasteiger partial charge in [0.25, 0.3) is 5.91 Å². The van der Waals surface area contributed by atoms with E-state index in [9.17, 15) is 14.7 Å². The van der Waals surface area contributed by atoms with E-state index in [1.807, 2.05) is 12.1 Å². The van der Waals surface area contributed by atoms with Crippen molar-refractivity contribution in [3.8, 4) is 0 Å². The van der Waals surface area contributed by atoms with Crippen molar-refractivity contribution in [3.05, 3.63) is 29.3 Å². The number of hydrogen-bond donors (Lipinski definition) is 3. The van der Waals surface area contributed by atoms with E-state index >= 15 is 0 Å². The first kappa shape index (κ1) is 13.9. The molecule has 1 aliphatic heterocycles. The number of nitrogens with one attached hydrogen (secondary N) is 2. The van der Waals surface area contributed by atoms with Gasteiger partial charge in [-0.25, -0.2) is 4.79 Å². The molecule has 1 unspecified atom stereocenters. The lowest BCUT2D eigenvalue weighted by Crippen LogP contribution is -2.54. The van der Waals surface area contributed by atoms with E-state index in [1.165, 1.54) is 0 Å². The van der Waals surface area contributed by atoms with Gasteiger partial charge in [-0.3, -0.25) is 4.79 Å². The number of aryl methyl sites for hydroxylation is 1. The van der Waals surface area contributed by atoms with Crippen LogP contribution < -0.4 is 10.6 Å². The number of carbonyl (C=O) groups is 2. The highest BCUT2D eigenvalue weighted by Gasteiger charge is 2.48. The predicted molar refractivity (Wildman–Crippen MR) is 79.5 cm³/mol. The normalized spacial score (nSPS) is 19.9. The second-order valence-electron chi connectivity index (χ2n) is 6.14. The Morgan fingerprint density at radius 1 is 1.38 bits per heavy atom. The Morgan fingerprint density at radius 3 is 2.81 bits per heavy atom. The molecule has 5 nitrogen and oxygen atoms in total. The minimum absolute atomic E-state index is 0.0400. The summed E-state index contributed by atoms with van der Waals surface area (Å²) in [4.78, 5) is 23.9. The molecule has 1 heterocycles. The molecule has 3 N–H and O–H groups in total. The predicted octanol–water partition coefficient (Wildman–Crippen LogP) is 2.03. The zero-order chi connectivity index (χ0) is 15.0. The van der Waals surface area contributed by atoms with Gasteiger partial charge in [0.15, 0.2) is 0 Å². The molecular weight excluding hydrogens is 268 g/mol. The number of aliphatic carboxylic acids is 1. The summed E-state index contributed by atoms with van der Waals surface area (Å²) in [5.41, 5.74) is 1.56. The first-order chi connectivity index (χ1) is 10.0. The maximum atomic E-state index is 12.4. The summed E-state index contributed by atoms with van der Waals surface area (Å²) < 4.78 is 0. The van der Waals surface area contributed by atoms with Crippen LogP contribution in [0.4, 0.5) is 5.69 Å². The topological polar surface area (TPSA) is 78.4 Å². The van der Waals surface area contributed by atoms with E-state index in [-0.39, 0.29) is 11.8 Å². The summed E-state index contributed by atoms with van der Waals surface area (Å²) >= 11 is 0. The monoisotopic (exact) mass is 288 g/mol. The van der Waals surface area contributed by atoms with E-state index in [0.717, 1.165) is 43.5 Å². The molecule has 1 aromatic rings. The Bertz CT molecular complexity index is 595. The highest BCUT2D eigenvalue weighted by atomic mass is 16.4. The molecule has 1 aromatic carbocycles. The maximum Gasteiger partial charge on any atom is 0.329 e. The number of fused-ring (bicyclic) bond motifs is 1. The van der Waals surface area contributed by atoms with Gasteiger partial charge in [0.05, 0.1) is 0 Å². The van der Waals surface area contributed by atoms with Crippen LogP contribution >= 0.6 is 0 Å². The first-order valence-electron chi connectivity index (χ1n) is 7.43. The van der Waals surface area contributed by atoms with Gasteiger partial charge in [-0.05, 0) is 62.3 Å². The molecule has 1 saturated carbocycles. The molecule has 1 atom stereocenters. The van der Waals surface area contributed by atoms with Gasteiger partial charge in [-0.15, -0.1) is 0 Å². The summed E-state index contributed by atoms with van der Waals surface area (Å²) in [5.74, 6) is -1.23. The Balaban J connectivity index is 1.80. The largest absolute Gasteiger partial charge is 0.480 e. The number of benzene rings is 1. The number of amides is 1. The molecule has 0 spiro atoms. The van der Waals surface area contributed by atoms with Crippen molar-refractivity contribution in [2.24, 2.45) is 5.92 Å². The number of carbonyl (C=O) groups excluding carboxylic acids is 1. The van der Waals surface area contributed by atoms with Crippen LogP contribution in [0.1, 0.15) is 42.1 Å². The zero-order valence-electron chi connectivity index (χ0n) is 12.1. The lowest BCUT2D eigenvalue weighted by atomic mass is 9.94. The van der Waals surface area contributed by atoms with Crippen LogP contribution in [-0.2, 0) is 11.2 Å². The lowest BCUT2D eigenvalue weighted by molar-refractivity contribution is -0.144. The number of hydrogen-bond acceptors (Lipinski definition) is 3. The fourth-order valence-corrected chi connectivity index (χ4v) is 2.91. The quantitative estimate of drug-likeness (QED) is 0.792. The molecule has 0 saturated heterocycles. The van der Waals surface area contributed by atoms with Crippen molar-refractivity contribution < 1.29 is 14.7 Å². The fourth-order valence-electron chi connectivity index (χ4n) is 2.91. The first-order valence-corrected chi connectivity index (χ1v) is 7.43. The average Bonchev–Trinajstić information content (AvgIpc) is 3.31. The van der Waals surface area contributed by atoms with Crippen molar-refractivity contribution in [1.82, 2.24) is 5.32 Å². The highest BCUT2D eigenvalue weighted by molar-refractivity contribution is 5.98. The SMILES string of the molecule is CC(NC(=O)c1ccc2c(c1)CCCN2)(C(=O)O)C1CC1. The molecule has 112 valence electrons. The highest BCUT2D eigenvalue weighted by Crippen LogP contribution is 2.40. The summed E-state index contributed by atoms with van der Waals surface area (Å²) in [6, 6.07) is 5.52. The van der Waals surface area contributed by atoms with Crippen LogP contribution in [0.3, 0.4) is 0 Å². The van der Waals surface area contributed by atoms with E-state index in [4.69, 9.17) is 0 Å². The zero-order valence-corrected chi connectivity index (χ0v) is 12.1. The number of anilines is 1. The number of carboxylic acids is 1. The van der Waals surface area contributed by atoms with Gasteiger partial charge in [0, 0.05) is 17.8 Å². The second-order valence-corrected chi connectivity index (χ2v) is 6.14. The summed E-state index contributed by atoms with van der Waals surface area (Å²) in [6.07, 6.45) is 3.71. The molecule has 21 heavy (non-hydrogen) atoms. The Hall–Kier alpha value is -2.04. The van der Waals surface area contributed by atoms with Crippen molar-refractivity contribution in [2.75, 3.05) is 11.9 Å². The maximum absolute atomic E-state index is 12.4. The van der Waals surface area contributed by atoms with E-state index in [0.29, 0.717) is 5.56 Å². The summed E-state index contributed by atoms with van der Waals surface area (Å²) in [5, 5.41) is 15.4. The minimum Gasteiger partial charge on any atom is -0.480 e. The van der Waals surface area contributed by atoms with Gasteiger partial charge < -0.3 is 15.7 Å². The van der Waals surface area contributed by atoms with Crippen LogP contribution in [0.5, 0.6) is 0 Å². The molecule has 0 aromatic heterocycles. The Labute approximate surface area is 123 Å². The van der Waals surface area contributed by atoms with Crippen molar-refractivity contribution in [3.63, 3.8) is 0 Å². The van der Waals surface area contributed by atoms with Crippen molar-refractivity contribution in [1.29, 1.82) is 0 Å². The average molecular weight is 288 g/mol. The van der Waals surface area contributed by atoms with Crippen LogP contribution in [0.15, 0.2) is 18.2 Å². The molecule has 1 aliphatic carbocycles. The van der Waals surface area contributed by atoms with Crippen LogP contribution in [-0.4, -0.2) is 29.1 Å². The fraction of sp³-hybridized carbons (Fsp3) is 0.500. The van der Waals surface area contributed by atoms with Crippen LogP contribution in [0.25, 0.3) is 0 Å². The molecule has 0 bridgehead atoms. The van der Waals surface area contributed by atoms with Gasteiger partial charge >= 0.3 is 5.97 Å². The van der Waals surface area contributed by atoms with Gasteiger partial charge in [-0.1, -0.05) is 0 Å². The Kier molecular flexibility index (Phi) is 3.35.